The maximum Gasteiger partial charge on any atom is 0.261 e. The van der Waals surface area contributed by atoms with Crippen LogP contribution in [0.3, 0.4) is 0 Å². The molecular weight excluding hydrogens is 432 g/mol. The number of aliphatic hydroxyl groups is 1. The molecule has 2 aromatic carbocycles. The van der Waals surface area contributed by atoms with Gasteiger partial charge < -0.3 is 30.1 Å². The van der Waals surface area contributed by atoms with E-state index in [2.05, 4.69) is 20.3 Å². The molecule has 3 heterocycles. The van der Waals surface area contributed by atoms with Crippen molar-refractivity contribution in [1.82, 2.24) is 24.5 Å². The normalized spacial score (nSPS) is 12.2. The highest BCUT2D eigenvalue weighted by Gasteiger charge is 2.18. The fourth-order valence-corrected chi connectivity index (χ4v) is 4.13. The van der Waals surface area contributed by atoms with Crippen LogP contribution in [0.1, 0.15) is 11.1 Å². The topological polar surface area (TPSA) is 132 Å². The number of H-pyrrole nitrogens is 2. The molecule has 172 valence electrons. The van der Waals surface area contributed by atoms with Crippen molar-refractivity contribution in [1.29, 1.82) is 0 Å². The number of rotatable bonds is 7. The molecular formula is C25H24N6O3. The number of aromatic amines is 2. The Morgan fingerprint density at radius 1 is 1.21 bits per heavy atom. The second kappa shape index (κ2) is 8.87. The smallest absolute Gasteiger partial charge is 0.261 e. The third-order valence-electron chi connectivity index (χ3n) is 5.73. The first-order valence-electron chi connectivity index (χ1n) is 10.9. The maximum absolute atomic E-state index is 12.9. The zero-order valence-corrected chi connectivity index (χ0v) is 18.5. The van der Waals surface area contributed by atoms with Crippen molar-refractivity contribution >= 4 is 16.7 Å². The molecule has 9 nitrogen and oxygen atoms in total. The maximum atomic E-state index is 12.9. The van der Waals surface area contributed by atoms with E-state index in [0.717, 1.165) is 27.8 Å². The molecule has 0 radical (unpaired) electrons. The van der Waals surface area contributed by atoms with Crippen molar-refractivity contribution in [2.24, 2.45) is 0 Å². The Hall–Kier alpha value is -4.37. The summed E-state index contributed by atoms with van der Waals surface area (Å²) < 4.78 is 1.91. The number of benzene rings is 2. The van der Waals surface area contributed by atoms with Gasteiger partial charge in [0.1, 0.15) is 17.1 Å². The Morgan fingerprint density at radius 2 is 2.09 bits per heavy atom. The van der Waals surface area contributed by atoms with Crippen LogP contribution in [0.2, 0.25) is 0 Å². The quantitative estimate of drug-likeness (QED) is 0.256. The highest BCUT2D eigenvalue weighted by atomic mass is 16.3. The first kappa shape index (κ1) is 21.5. The van der Waals surface area contributed by atoms with Gasteiger partial charge in [-0.25, -0.2) is 9.97 Å². The van der Waals surface area contributed by atoms with Crippen molar-refractivity contribution in [2.75, 3.05) is 11.9 Å². The van der Waals surface area contributed by atoms with Crippen molar-refractivity contribution in [3.05, 3.63) is 88.9 Å². The number of imidazole rings is 2. The molecule has 5 N–H and O–H groups in total. The Balaban J connectivity index is 1.52. The number of hydrogen-bond acceptors (Lipinski definition) is 6. The highest BCUT2D eigenvalue weighted by Crippen LogP contribution is 2.28. The molecule has 0 aliphatic carbocycles. The molecule has 3 aromatic heterocycles. The average molecular weight is 457 g/mol. The summed E-state index contributed by atoms with van der Waals surface area (Å²) in [6.07, 6.45) is 7.33. The number of anilines is 1. The van der Waals surface area contributed by atoms with Gasteiger partial charge in [0.25, 0.3) is 5.56 Å². The number of aryl methyl sites for hydroxylation is 1. The summed E-state index contributed by atoms with van der Waals surface area (Å²) in [4.78, 5) is 27.7. The molecule has 0 fully saturated rings. The summed E-state index contributed by atoms with van der Waals surface area (Å²) in [6, 6.07) is 12.2. The van der Waals surface area contributed by atoms with E-state index in [1.165, 1.54) is 0 Å². The van der Waals surface area contributed by atoms with Gasteiger partial charge in [0.15, 0.2) is 0 Å². The molecule has 0 saturated heterocycles. The number of aliphatic hydroxyl groups excluding tert-OH is 1. The van der Waals surface area contributed by atoms with E-state index in [0.29, 0.717) is 23.5 Å². The number of aromatic hydroxyl groups is 1. The van der Waals surface area contributed by atoms with Gasteiger partial charge in [-0.3, -0.25) is 4.79 Å². The lowest BCUT2D eigenvalue weighted by molar-refractivity contribution is 0.273. The molecule has 34 heavy (non-hydrogen) atoms. The minimum Gasteiger partial charge on any atom is -0.508 e. The number of fused-ring (bicyclic) bond motifs is 1. The van der Waals surface area contributed by atoms with Gasteiger partial charge in [0.2, 0.25) is 0 Å². The standard InChI is InChI=1S/C25H24N6O3/c1-15-9-18(31-8-7-26-14-31)12-21-23(15)30-24(29-21)22-20(5-6-27-25(22)34)28-17(13-32)10-16-3-2-4-19(33)11-16/h2-9,11-12,14,17,32-33H,10,13H2,1H3,(H,29,30)(H2,27,28,34). The lowest BCUT2D eigenvalue weighted by Gasteiger charge is -2.19. The summed E-state index contributed by atoms with van der Waals surface area (Å²) in [5.74, 6) is 0.595. The number of pyridine rings is 1. The fraction of sp³-hybridized carbons (Fsp3) is 0.160. The van der Waals surface area contributed by atoms with E-state index in [-0.39, 0.29) is 24.0 Å². The van der Waals surface area contributed by atoms with Gasteiger partial charge in [-0.05, 0) is 54.8 Å². The molecule has 1 atom stereocenters. The van der Waals surface area contributed by atoms with Crippen molar-refractivity contribution < 1.29 is 10.2 Å². The second-order valence-corrected chi connectivity index (χ2v) is 8.21. The lowest BCUT2D eigenvalue weighted by atomic mass is 10.1. The Morgan fingerprint density at radius 3 is 2.85 bits per heavy atom. The molecule has 0 amide bonds. The third kappa shape index (κ3) is 4.16. The summed E-state index contributed by atoms with van der Waals surface area (Å²) in [5.41, 5.74) is 4.94. The summed E-state index contributed by atoms with van der Waals surface area (Å²) in [6.45, 7) is 1.81. The van der Waals surface area contributed by atoms with Gasteiger partial charge in [-0.2, -0.15) is 0 Å². The summed E-state index contributed by atoms with van der Waals surface area (Å²) >= 11 is 0. The van der Waals surface area contributed by atoms with Crippen molar-refractivity contribution in [3.8, 4) is 22.8 Å². The predicted octanol–water partition coefficient (Wildman–Crippen LogP) is 3.13. The summed E-state index contributed by atoms with van der Waals surface area (Å²) in [5, 5.41) is 23.0. The van der Waals surface area contributed by atoms with Crippen LogP contribution in [-0.4, -0.2) is 47.4 Å². The first-order valence-corrected chi connectivity index (χ1v) is 10.9. The molecule has 5 rings (SSSR count). The SMILES string of the molecule is Cc1cc(-n2ccnc2)cc2[nH]c(-c3c(NC(CO)Cc4cccc(O)c4)cc[nH]c3=O)nc12. The molecule has 5 aromatic rings. The molecule has 0 aliphatic heterocycles. The molecule has 0 bridgehead atoms. The predicted molar refractivity (Wildman–Crippen MR) is 130 cm³/mol. The van der Waals surface area contributed by atoms with Crippen LogP contribution in [0.5, 0.6) is 5.75 Å². The van der Waals surface area contributed by atoms with Crippen LogP contribution in [0, 0.1) is 6.92 Å². The van der Waals surface area contributed by atoms with Gasteiger partial charge >= 0.3 is 0 Å². The van der Waals surface area contributed by atoms with Crippen LogP contribution >= 0.6 is 0 Å². The zero-order valence-electron chi connectivity index (χ0n) is 18.5. The zero-order chi connectivity index (χ0) is 23.7. The van der Waals surface area contributed by atoms with E-state index in [1.54, 1.807) is 43.0 Å². The molecule has 0 saturated carbocycles. The monoisotopic (exact) mass is 456 g/mol. The van der Waals surface area contributed by atoms with E-state index in [1.807, 2.05) is 35.9 Å². The second-order valence-electron chi connectivity index (χ2n) is 8.21. The Kier molecular flexibility index (Phi) is 5.60. The van der Waals surface area contributed by atoms with E-state index < -0.39 is 0 Å². The van der Waals surface area contributed by atoms with Gasteiger partial charge in [-0.15, -0.1) is 0 Å². The average Bonchev–Trinajstić information content (AvgIpc) is 3.49. The third-order valence-corrected chi connectivity index (χ3v) is 5.73. The minimum atomic E-state index is -0.374. The summed E-state index contributed by atoms with van der Waals surface area (Å²) in [7, 11) is 0. The van der Waals surface area contributed by atoms with E-state index in [4.69, 9.17) is 4.98 Å². The molecule has 1 unspecified atom stereocenters. The van der Waals surface area contributed by atoms with E-state index in [9.17, 15) is 15.0 Å². The number of aromatic nitrogens is 5. The number of phenolic OH excluding ortho intramolecular Hbond substituents is 1. The Labute approximate surface area is 194 Å². The minimum absolute atomic E-state index is 0.157. The number of phenols is 1. The number of nitrogens with zero attached hydrogens (tertiary/aromatic N) is 3. The van der Waals surface area contributed by atoms with E-state index >= 15 is 0 Å². The van der Waals surface area contributed by atoms with Crippen molar-refractivity contribution in [3.63, 3.8) is 0 Å². The van der Waals surface area contributed by atoms with Crippen LogP contribution in [0.15, 0.2) is 72.2 Å². The number of nitrogens with one attached hydrogen (secondary N) is 3. The van der Waals surface area contributed by atoms with Gasteiger partial charge in [0.05, 0.1) is 35.7 Å². The fourth-order valence-electron chi connectivity index (χ4n) is 4.13. The first-order chi connectivity index (χ1) is 16.5. The number of hydrogen-bond donors (Lipinski definition) is 5. The molecule has 0 spiro atoms. The van der Waals surface area contributed by atoms with Crippen LogP contribution in [0.4, 0.5) is 5.69 Å². The Bertz CT molecular complexity index is 1500. The molecule has 0 aliphatic rings. The van der Waals surface area contributed by atoms with Crippen LogP contribution < -0.4 is 10.9 Å². The highest BCUT2D eigenvalue weighted by molar-refractivity contribution is 5.86. The van der Waals surface area contributed by atoms with Gasteiger partial charge in [0, 0.05) is 24.3 Å². The largest absolute Gasteiger partial charge is 0.508 e. The van der Waals surface area contributed by atoms with Crippen LogP contribution in [-0.2, 0) is 6.42 Å². The molecule has 9 heteroatoms. The van der Waals surface area contributed by atoms with Crippen molar-refractivity contribution in [2.45, 2.75) is 19.4 Å². The lowest BCUT2D eigenvalue weighted by Crippen LogP contribution is -2.28. The van der Waals surface area contributed by atoms with Gasteiger partial charge in [-0.1, -0.05) is 12.1 Å². The van der Waals surface area contributed by atoms with Crippen LogP contribution in [0.25, 0.3) is 28.1 Å².